The van der Waals surface area contributed by atoms with E-state index in [1.165, 1.54) is 12.1 Å². The maximum absolute atomic E-state index is 13.1. The molecule has 3 aromatic rings. The quantitative estimate of drug-likeness (QED) is 0.572. The molecule has 0 bridgehead atoms. The highest BCUT2D eigenvalue weighted by atomic mass is 19.1. The number of hydrogen-bond acceptors (Lipinski definition) is 8. The molecular formula is C22H26FN5O3. The van der Waals surface area contributed by atoms with Crippen LogP contribution in [0.1, 0.15) is 41.6 Å². The molecule has 8 nitrogen and oxygen atoms in total. The van der Waals surface area contributed by atoms with Gasteiger partial charge in [-0.2, -0.15) is 4.98 Å². The van der Waals surface area contributed by atoms with E-state index in [9.17, 15) is 9.18 Å². The SMILES string of the molecule is CCOC(=O)c1noc2nc(C)nc(NCC3CCN(Cc4ccc(F)cc4)CC3)c12. The largest absolute Gasteiger partial charge is 0.461 e. The number of nitrogens with one attached hydrogen (secondary N) is 1. The molecule has 0 spiro atoms. The molecule has 4 rings (SSSR count). The lowest BCUT2D eigenvalue weighted by atomic mass is 9.96. The standard InChI is InChI=1S/C22H26FN5O3/c1-3-30-22(29)19-18-20(25-14(2)26-21(18)31-27-19)24-12-15-8-10-28(11-9-15)13-16-4-6-17(23)7-5-16/h4-7,15H,3,8-13H2,1-2H3,(H,24,25,26). The number of esters is 1. The van der Waals surface area contributed by atoms with E-state index < -0.39 is 5.97 Å². The third-order valence-electron chi connectivity index (χ3n) is 5.50. The van der Waals surface area contributed by atoms with Gasteiger partial charge in [-0.25, -0.2) is 14.2 Å². The summed E-state index contributed by atoms with van der Waals surface area (Å²) in [5.74, 6) is 0.796. The Morgan fingerprint density at radius 3 is 2.71 bits per heavy atom. The van der Waals surface area contributed by atoms with Crippen molar-refractivity contribution in [3.05, 3.63) is 47.2 Å². The van der Waals surface area contributed by atoms with Gasteiger partial charge in [0.25, 0.3) is 5.71 Å². The van der Waals surface area contributed by atoms with Gasteiger partial charge in [0.1, 0.15) is 22.8 Å². The number of fused-ring (bicyclic) bond motifs is 1. The summed E-state index contributed by atoms with van der Waals surface area (Å²) in [6.07, 6.45) is 2.07. The van der Waals surface area contributed by atoms with Crippen LogP contribution in [-0.2, 0) is 11.3 Å². The first-order chi connectivity index (χ1) is 15.0. The molecular weight excluding hydrogens is 401 g/mol. The molecule has 31 heavy (non-hydrogen) atoms. The molecule has 1 aliphatic rings. The number of aryl methyl sites for hydroxylation is 1. The van der Waals surface area contributed by atoms with Gasteiger partial charge >= 0.3 is 5.97 Å². The second-order valence-corrected chi connectivity index (χ2v) is 7.78. The summed E-state index contributed by atoms with van der Waals surface area (Å²) in [5.41, 5.74) is 1.48. The van der Waals surface area contributed by atoms with Gasteiger partial charge in [0, 0.05) is 13.1 Å². The van der Waals surface area contributed by atoms with Crippen molar-refractivity contribution in [1.82, 2.24) is 20.0 Å². The molecule has 9 heteroatoms. The van der Waals surface area contributed by atoms with E-state index in [2.05, 4.69) is 25.3 Å². The molecule has 1 aliphatic heterocycles. The monoisotopic (exact) mass is 427 g/mol. The Balaban J connectivity index is 1.38. The third-order valence-corrected chi connectivity index (χ3v) is 5.50. The first kappa shape index (κ1) is 21.2. The number of benzene rings is 1. The molecule has 0 saturated carbocycles. The van der Waals surface area contributed by atoms with Crippen molar-refractivity contribution in [3.63, 3.8) is 0 Å². The van der Waals surface area contributed by atoms with Crippen LogP contribution in [0.2, 0.25) is 0 Å². The molecule has 2 aromatic heterocycles. The number of carbonyl (C=O) groups excluding carboxylic acids is 1. The zero-order chi connectivity index (χ0) is 21.8. The van der Waals surface area contributed by atoms with Gasteiger partial charge in [0.2, 0.25) is 5.69 Å². The van der Waals surface area contributed by atoms with Crippen LogP contribution in [0.5, 0.6) is 0 Å². The van der Waals surface area contributed by atoms with E-state index in [1.54, 1.807) is 13.8 Å². The number of nitrogens with zero attached hydrogens (tertiary/aromatic N) is 4. The predicted octanol–water partition coefficient (Wildman–Crippen LogP) is 3.57. The molecule has 1 N–H and O–H groups in total. The molecule has 0 radical (unpaired) electrons. The van der Waals surface area contributed by atoms with Crippen molar-refractivity contribution in [1.29, 1.82) is 0 Å². The number of ether oxygens (including phenoxy) is 1. The van der Waals surface area contributed by atoms with Crippen LogP contribution in [0, 0.1) is 18.7 Å². The van der Waals surface area contributed by atoms with Crippen LogP contribution >= 0.6 is 0 Å². The van der Waals surface area contributed by atoms with E-state index in [-0.39, 0.29) is 23.8 Å². The van der Waals surface area contributed by atoms with Gasteiger partial charge in [-0.1, -0.05) is 17.3 Å². The highest BCUT2D eigenvalue weighted by Gasteiger charge is 2.24. The normalized spacial score (nSPS) is 15.3. The summed E-state index contributed by atoms with van der Waals surface area (Å²) in [6.45, 7) is 7.26. The number of likely N-dealkylation sites (tertiary alicyclic amines) is 1. The molecule has 0 atom stereocenters. The lowest BCUT2D eigenvalue weighted by molar-refractivity contribution is 0.0517. The summed E-state index contributed by atoms with van der Waals surface area (Å²) in [6, 6.07) is 6.69. The van der Waals surface area contributed by atoms with Crippen molar-refractivity contribution >= 4 is 22.9 Å². The van der Waals surface area contributed by atoms with Gasteiger partial charge in [0.15, 0.2) is 0 Å². The van der Waals surface area contributed by atoms with Crippen LogP contribution < -0.4 is 5.32 Å². The molecule has 164 valence electrons. The van der Waals surface area contributed by atoms with Gasteiger partial charge in [-0.15, -0.1) is 0 Å². The van der Waals surface area contributed by atoms with E-state index in [0.717, 1.165) is 44.6 Å². The van der Waals surface area contributed by atoms with Crippen molar-refractivity contribution in [2.24, 2.45) is 5.92 Å². The topological polar surface area (TPSA) is 93.4 Å². The summed E-state index contributed by atoms with van der Waals surface area (Å²) in [4.78, 5) is 23.3. The average molecular weight is 427 g/mol. The Labute approximate surface area is 179 Å². The van der Waals surface area contributed by atoms with Crippen LogP contribution in [0.3, 0.4) is 0 Å². The van der Waals surface area contributed by atoms with Crippen LogP contribution in [0.15, 0.2) is 28.8 Å². The van der Waals surface area contributed by atoms with Gasteiger partial charge < -0.3 is 14.6 Å². The molecule has 1 saturated heterocycles. The number of hydrogen-bond donors (Lipinski definition) is 1. The number of rotatable bonds is 7. The maximum atomic E-state index is 13.1. The summed E-state index contributed by atoms with van der Waals surface area (Å²) in [5, 5.41) is 7.67. The minimum absolute atomic E-state index is 0.0912. The average Bonchev–Trinajstić information content (AvgIpc) is 3.19. The molecule has 0 aliphatic carbocycles. The lowest BCUT2D eigenvalue weighted by Crippen LogP contribution is -2.35. The smallest absolute Gasteiger partial charge is 0.361 e. The van der Waals surface area contributed by atoms with Crippen molar-refractivity contribution in [3.8, 4) is 0 Å². The number of carbonyl (C=O) groups is 1. The summed E-state index contributed by atoms with van der Waals surface area (Å²) < 4.78 is 23.4. The predicted molar refractivity (Wildman–Crippen MR) is 113 cm³/mol. The van der Waals surface area contributed by atoms with E-state index >= 15 is 0 Å². The number of aromatic nitrogens is 3. The van der Waals surface area contributed by atoms with Crippen molar-refractivity contribution in [2.45, 2.75) is 33.2 Å². The number of piperidine rings is 1. The first-order valence-electron chi connectivity index (χ1n) is 10.5. The van der Waals surface area contributed by atoms with Crippen LogP contribution in [-0.4, -0.2) is 52.2 Å². The van der Waals surface area contributed by atoms with E-state index in [4.69, 9.17) is 9.26 Å². The van der Waals surface area contributed by atoms with Gasteiger partial charge in [-0.3, -0.25) is 4.90 Å². The van der Waals surface area contributed by atoms with Gasteiger partial charge in [0.05, 0.1) is 6.61 Å². The fourth-order valence-electron chi connectivity index (χ4n) is 3.87. The fourth-order valence-corrected chi connectivity index (χ4v) is 3.87. The molecule has 1 aromatic carbocycles. The molecule has 3 heterocycles. The summed E-state index contributed by atoms with van der Waals surface area (Å²) >= 11 is 0. The Morgan fingerprint density at radius 1 is 1.26 bits per heavy atom. The van der Waals surface area contributed by atoms with E-state index in [1.807, 2.05) is 12.1 Å². The zero-order valence-electron chi connectivity index (χ0n) is 17.7. The number of anilines is 1. The van der Waals surface area contributed by atoms with E-state index in [0.29, 0.717) is 22.9 Å². The third kappa shape index (κ3) is 4.99. The Morgan fingerprint density at radius 2 is 2.00 bits per heavy atom. The second kappa shape index (κ2) is 9.38. The van der Waals surface area contributed by atoms with Gasteiger partial charge in [-0.05, 0) is 63.4 Å². The fraction of sp³-hybridized carbons (Fsp3) is 0.455. The first-order valence-corrected chi connectivity index (χ1v) is 10.5. The summed E-state index contributed by atoms with van der Waals surface area (Å²) in [7, 11) is 0. The van der Waals surface area contributed by atoms with Crippen LogP contribution in [0.25, 0.3) is 11.1 Å². The highest BCUT2D eigenvalue weighted by molar-refractivity contribution is 6.04. The zero-order valence-corrected chi connectivity index (χ0v) is 17.7. The Bertz CT molecular complexity index is 1050. The molecule has 0 unspecified atom stereocenters. The van der Waals surface area contributed by atoms with Crippen LogP contribution in [0.4, 0.5) is 10.2 Å². The molecule has 1 fully saturated rings. The minimum atomic E-state index is -0.550. The number of halogens is 1. The van der Waals surface area contributed by atoms with Crippen molar-refractivity contribution < 1.29 is 18.4 Å². The van der Waals surface area contributed by atoms with Crippen molar-refractivity contribution in [2.75, 3.05) is 31.6 Å². The highest BCUT2D eigenvalue weighted by Crippen LogP contribution is 2.26. The Kier molecular flexibility index (Phi) is 6.41. The Hall–Kier alpha value is -3.07. The minimum Gasteiger partial charge on any atom is -0.461 e. The second-order valence-electron chi connectivity index (χ2n) is 7.78. The lowest BCUT2D eigenvalue weighted by Gasteiger charge is -2.32. The molecule has 0 amide bonds. The maximum Gasteiger partial charge on any atom is 0.361 e.